The van der Waals surface area contributed by atoms with Gasteiger partial charge in [0.15, 0.2) is 0 Å². The summed E-state index contributed by atoms with van der Waals surface area (Å²) in [5.74, 6) is 0.998. The molecule has 0 spiro atoms. The molecule has 0 bridgehead atoms. The molecule has 1 fully saturated rings. The van der Waals surface area contributed by atoms with Crippen LogP contribution in [0.4, 0.5) is 11.5 Å². The molecule has 1 saturated heterocycles. The highest BCUT2D eigenvalue weighted by Crippen LogP contribution is 2.38. The number of hydrogen-bond acceptors (Lipinski definition) is 7. The summed E-state index contributed by atoms with van der Waals surface area (Å²) < 4.78 is 6.36. The molecule has 3 aliphatic rings. The highest BCUT2D eigenvalue weighted by Gasteiger charge is 2.31. The lowest BCUT2D eigenvalue weighted by Crippen LogP contribution is -2.41. The number of hydrogen-bond donors (Lipinski definition) is 0. The van der Waals surface area contributed by atoms with Gasteiger partial charge in [-0.05, 0) is 89.0 Å². The number of likely N-dealkylation sites (tertiary alicyclic amines) is 1. The lowest BCUT2D eigenvalue weighted by Gasteiger charge is -2.39. The third kappa shape index (κ3) is 5.57. The molecule has 8 heteroatoms. The van der Waals surface area contributed by atoms with Gasteiger partial charge >= 0.3 is 6.01 Å². The molecule has 0 amide bonds. The summed E-state index contributed by atoms with van der Waals surface area (Å²) in [5.41, 5.74) is 6.04. The second-order valence-corrected chi connectivity index (χ2v) is 12.0. The lowest BCUT2D eigenvalue weighted by atomic mass is 9.94. The Morgan fingerprint density at radius 3 is 2.76 bits per heavy atom. The Hall–Kier alpha value is -3.42. The summed E-state index contributed by atoms with van der Waals surface area (Å²) in [6, 6.07) is 13.7. The number of aromatic nitrogens is 2. The monoisotopic (exact) mass is 570 g/mol. The first-order valence-electron chi connectivity index (χ1n) is 14.7. The van der Waals surface area contributed by atoms with Crippen LogP contribution in [0.15, 0.2) is 64.8 Å². The van der Waals surface area contributed by atoms with Crippen LogP contribution in [0.5, 0.6) is 6.01 Å². The van der Waals surface area contributed by atoms with Crippen molar-refractivity contribution < 1.29 is 4.74 Å². The maximum absolute atomic E-state index is 6.72. The second kappa shape index (κ2) is 11.8. The first kappa shape index (κ1) is 27.7. The van der Waals surface area contributed by atoms with Crippen molar-refractivity contribution in [1.29, 1.82) is 0 Å². The van der Waals surface area contributed by atoms with Crippen molar-refractivity contribution in [3.05, 3.63) is 76.1 Å². The Labute approximate surface area is 248 Å². The number of ether oxygens (including phenoxy) is 1. The summed E-state index contributed by atoms with van der Waals surface area (Å²) in [6.45, 7) is 12.1. The average molecular weight is 571 g/mol. The second-order valence-electron chi connectivity index (χ2n) is 11.6. The number of aliphatic imine (C=N–C) groups is 1. The quantitative estimate of drug-likeness (QED) is 0.304. The van der Waals surface area contributed by atoms with Gasteiger partial charge in [-0.1, -0.05) is 41.4 Å². The Bertz CT molecular complexity index is 1510. The van der Waals surface area contributed by atoms with E-state index in [9.17, 15) is 0 Å². The Balaban J connectivity index is 1.37. The summed E-state index contributed by atoms with van der Waals surface area (Å²) in [6.07, 6.45) is 8.03. The van der Waals surface area contributed by atoms with E-state index >= 15 is 0 Å². The van der Waals surface area contributed by atoms with Crippen LogP contribution in [-0.4, -0.2) is 67.0 Å². The number of benzene rings is 2. The van der Waals surface area contributed by atoms with Crippen LogP contribution < -0.4 is 14.5 Å². The van der Waals surface area contributed by atoms with Gasteiger partial charge in [-0.15, -0.1) is 0 Å². The minimum atomic E-state index is 0.312. The number of nitrogens with zero attached hydrogens (tertiary/aromatic N) is 6. The summed E-state index contributed by atoms with van der Waals surface area (Å²) in [7, 11) is 2.17. The van der Waals surface area contributed by atoms with Gasteiger partial charge in [0.25, 0.3) is 0 Å². The number of halogens is 1. The topological polar surface area (TPSA) is 57.1 Å². The van der Waals surface area contributed by atoms with E-state index in [1.54, 1.807) is 6.20 Å². The first-order valence-corrected chi connectivity index (χ1v) is 15.0. The van der Waals surface area contributed by atoms with E-state index in [-0.39, 0.29) is 0 Å². The molecule has 1 aromatic heterocycles. The fraction of sp³-hybridized carbons (Fsp3) is 0.424. The van der Waals surface area contributed by atoms with Crippen molar-refractivity contribution >= 4 is 40.6 Å². The van der Waals surface area contributed by atoms with E-state index in [1.807, 2.05) is 12.1 Å². The Morgan fingerprint density at radius 1 is 1.15 bits per heavy atom. The fourth-order valence-electron chi connectivity index (χ4n) is 6.58. The summed E-state index contributed by atoms with van der Waals surface area (Å²) in [4.78, 5) is 21.3. The normalized spacial score (nSPS) is 21.7. The van der Waals surface area contributed by atoms with E-state index < -0.39 is 0 Å². The molecule has 7 nitrogen and oxygen atoms in total. The van der Waals surface area contributed by atoms with Crippen LogP contribution in [0.25, 0.3) is 10.8 Å². The molecule has 41 heavy (non-hydrogen) atoms. The van der Waals surface area contributed by atoms with Crippen LogP contribution in [0, 0.1) is 0 Å². The third-order valence-electron chi connectivity index (χ3n) is 8.95. The summed E-state index contributed by atoms with van der Waals surface area (Å²) in [5, 5.41) is 3.01. The average Bonchev–Trinajstić information content (AvgIpc) is 3.39. The van der Waals surface area contributed by atoms with Crippen molar-refractivity contribution in [3.63, 3.8) is 0 Å². The maximum atomic E-state index is 6.72. The molecule has 0 aliphatic carbocycles. The zero-order chi connectivity index (χ0) is 28.5. The molecule has 0 unspecified atom stereocenters. The molecule has 4 heterocycles. The van der Waals surface area contributed by atoms with Gasteiger partial charge in [-0.3, -0.25) is 4.99 Å². The number of fused-ring (bicyclic) bond motifs is 2. The molecular formula is C33H39ClN6O. The zero-order valence-corrected chi connectivity index (χ0v) is 25.1. The molecule has 2 aromatic carbocycles. The minimum Gasteiger partial charge on any atom is -0.462 e. The molecular weight excluding hydrogens is 532 g/mol. The van der Waals surface area contributed by atoms with E-state index in [0.29, 0.717) is 31.2 Å². The van der Waals surface area contributed by atoms with Gasteiger partial charge in [0.2, 0.25) is 0 Å². The van der Waals surface area contributed by atoms with Gasteiger partial charge in [-0.25, -0.2) is 0 Å². The molecule has 214 valence electrons. The van der Waals surface area contributed by atoms with E-state index in [2.05, 4.69) is 77.6 Å². The van der Waals surface area contributed by atoms with Gasteiger partial charge in [0.05, 0.1) is 17.3 Å². The largest absolute Gasteiger partial charge is 0.462 e. The lowest BCUT2D eigenvalue weighted by molar-refractivity contribution is 0.187. The smallest absolute Gasteiger partial charge is 0.318 e. The summed E-state index contributed by atoms with van der Waals surface area (Å²) >= 11 is 6.72. The van der Waals surface area contributed by atoms with E-state index in [4.69, 9.17) is 26.3 Å². The molecule has 0 saturated carbocycles. The molecule has 2 atom stereocenters. The van der Waals surface area contributed by atoms with Gasteiger partial charge < -0.3 is 19.4 Å². The van der Waals surface area contributed by atoms with Gasteiger partial charge in [-0.2, -0.15) is 9.97 Å². The number of rotatable bonds is 7. The zero-order valence-electron chi connectivity index (χ0n) is 24.3. The van der Waals surface area contributed by atoms with E-state index in [1.165, 1.54) is 23.1 Å². The fourth-order valence-corrected chi connectivity index (χ4v) is 6.86. The SMILES string of the molecule is C=N/C=C\C1=C(C)C[C@@H](C)N(c2nc(OC[C@@H]3CCCN3C)nc3c2CCN(c2cccc4cccc(Cl)c24)C3)C1. The van der Waals surface area contributed by atoms with Crippen LogP contribution in [0.3, 0.4) is 0 Å². The van der Waals surface area contributed by atoms with Crippen LogP contribution in [0.2, 0.25) is 5.02 Å². The van der Waals surface area contributed by atoms with Gasteiger partial charge in [0, 0.05) is 48.0 Å². The Kier molecular flexibility index (Phi) is 8.00. The molecule has 0 radical (unpaired) electrons. The number of likely N-dealkylation sites (N-methyl/N-ethyl adjacent to an activating group) is 1. The molecule has 3 aliphatic heterocycles. The highest BCUT2D eigenvalue weighted by molar-refractivity contribution is 6.36. The van der Waals surface area contributed by atoms with Crippen molar-refractivity contribution in [2.24, 2.45) is 4.99 Å². The van der Waals surface area contributed by atoms with Crippen molar-refractivity contribution in [2.45, 2.75) is 58.2 Å². The Morgan fingerprint density at radius 2 is 1.98 bits per heavy atom. The maximum Gasteiger partial charge on any atom is 0.318 e. The molecule has 3 aromatic rings. The number of anilines is 2. The molecule has 6 rings (SSSR count). The van der Waals surface area contributed by atoms with Crippen molar-refractivity contribution in [1.82, 2.24) is 14.9 Å². The van der Waals surface area contributed by atoms with Crippen LogP contribution >= 0.6 is 11.6 Å². The standard InChI is InChI=1S/C33H39ClN6O/c1-22-18-23(2)40(19-25(22)13-15-35-3)32-27-14-17-39(30-12-6-9-24-8-5-11-28(34)31(24)30)20-29(27)36-33(37-32)41-21-26-10-7-16-38(26)4/h5-6,8-9,11-13,15,23,26H,3,7,10,14,16-21H2,1-2,4H3/b15-13-/t23-,26+/m1/s1. The first-order chi connectivity index (χ1) is 19.9. The predicted molar refractivity (Wildman–Crippen MR) is 170 cm³/mol. The predicted octanol–water partition coefficient (Wildman–Crippen LogP) is 6.45. The van der Waals surface area contributed by atoms with Crippen LogP contribution in [0.1, 0.15) is 44.4 Å². The third-order valence-corrected chi connectivity index (χ3v) is 9.26. The molecule has 0 N–H and O–H groups in total. The highest BCUT2D eigenvalue weighted by atomic mass is 35.5. The van der Waals surface area contributed by atoms with E-state index in [0.717, 1.165) is 71.9 Å². The van der Waals surface area contributed by atoms with Crippen molar-refractivity contribution in [2.75, 3.05) is 43.1 Å². The van der Waals surface area contributed by atoms with Crippen molar-refractivity contribution in [3.8, 4) is 6.01 Å². The minimum absolute atomic E-state index is 0.312. The van der Waals surface area contributed by atoms with Gasteiger partial charge in [0.1, 0.15) is 12.4 Å². The van der Waals surface area contributed by atoms with Crippen LogP contribution in [-0.2, 0) is 13.0 Å².